The minimum absolute atomic E-state index is 0.00894. The van der Waals surface area contributed by atoms with Crippen molar-refractivity contribution in [3.8, 4) is 5.75 Å². The van der Waals surface area contributed by atoms with E-state index in [9.17, 15) is 4.79 Å². The Morgan fingerprint density at radius 1 is 1.44 bits per heavy atom. The van der Waals surface area contributed by atoms with Gasteiger partial charge < -0.3 is 15.8 Å². The average molecular weight is 220 g/mol. The number of carbonyl (C=O) groups excluding carboxylic acids is 1. The lowest BCUT2D eigenvalue weighted by molar-refractivity contribution is -0.123. The molecule has 0 aromatic heterocycles. The third kappa shape index (κ3) is 2.17. The smallest absolute Gasteiger partial charge is 0.222 e. The molecule has 1 aliphatic heterocycles. The van der Waals surface area contributed by atoms with E-state index in [4.69, 9.17) is 10.5 Å². The number of ether oxygens (including phenoxy) is 1. The SMILES string of the molecule is COc1ccccc1C1CC(N)CC(=O)N1. The molecule has 0 spiro atoms. The fraction of sp³-hybridized carbons (Fsp3) is 0.417. The van der Waals surface area contributed by atoms with Crippen LogP contribution in [0.2, 0.25) is 0 Å². The Labute approximate surface area is 94.8 Å². The third-order valence-electron chi connectivity index (χ3n) is 2.84. The molecule has 2 atom stereocenters. The molecule has 1 aromatic rings. The Hall–Kier alpha value is -1.55. The van der Waals surface area contributed by atoms with E-state index < -0.39 is 0 Å². The van der Waals surface area contributed by atoms with E-state index in [0.29, 0.717) is 6.42 Å². The number of carbonyl (C=O) groups is 1. The minimum atomic E-state index is -0.0661. The molecule has 2 rings (SSSR count). The highest BCUT2D eigenvalue weighted by molar-refractivity contribution is 5.78. The van der Waals surface area contributed by atoms with Crippen LogP contribution in [0.5, 0.6) is 5.75 Å². The van der Waals surface area contributed by atoms with Crippen LogP contribution in [0.25, 0.3) is 0 Å². The van der Waals surface area contributed by atoms with Gasteiger partial charge in [0.1, 0.15) is 5.75 Å². The second kappa shape index (κ2) is 4.53. The maximum atomic E-state index is 11.4. The van der Waals surface area contributed by atoms with Crippen LogP contribution >= 0.6 is 0 Å². The van der Waals surface area contributed by atoms with E-state index >= 15 is 0 Å². The molecule has 0 bridgehead atoms. The summed E-state index contributed by atoms with van der Waals surface area (Å²) in [4.78, 5) is 11.4. The van der Waals surface area contributed by atoms with Crippen LogP contribution in [-0.4, -0.2) is 19.1 Å². The molecular formula is C12H16N2O2. The number of benzene rings is 1. The number of methoxy groups -OCH3 is 1. The quantitative estimate of drug-likeness (QED) is 0.780. The number of hydrogen-bond acceptors (Lipinski definition) is 3. The summed E-state index contributed by atoms with van der Waals surface area (Å²) in [7, 11) is 1.63. The molecule has 3 N–H and O–H groups in total. The average Bonchev–Trinajstić information content (AvgIpc) is 2.27. The van der Waals surface area contributed by atoms with Gasteiger partial charge in [0.25, 0.3) is 0 Å². The molecule has 1 aliphatic rings. The molecule has 0 aliphatic carbocycles. The Balaban J connectivity index is 2.25. The molecule has 1 heterocycles. The van der Waals surface area contributed by atoms with E-state index in [2.05, 4.69) is 5.32 Å². The maximum Gasteiger partial charge on any atom is 0.222 e. The number of amides is 1. The highest BCUT2D eigenvalue weighted by Crippen LogP contribution is 2.29. The minimum Gasteiger partial charge on any atom is -0.496 e. The Morgan fingerprint density at radius 3 is 2.88 bits per heavy atom. The first-order valence-electron chi connectivity index (χ1n) is 5.38. The lowest BCUT2D eigenvalue weighted by atomic mass is 9.93. The van der Waals surface area contributed by atoms with Crippen molar-refractivity contribution in [2.75, 3.05) is 7.11 Å². The fourth-order valence-corrected chi connectivity index (χ4v) is 2.10. The second-order valence-corrected chi connectivity index (χ2v) is 4.06. The van der Waals surface area contributed by atoms with Crippen molar-refractivity contribution in [2.45, 2.75) is 24.9 Å². The molecule has 86 valence electrons. The van der Waals surface area contributed by atoms with Gasteiger partial charge in [-0.15, -0.1) is 0 Å². The molecular weight excluding hydrogens is 204 g/mol. The van der Waals surface area contributed by atoms with Crippen molar-refractivity contribution in [3.63, 3.8) is 0 Å². The molecule has 0 saturated carbocycles. The van der Waals surface area contributed by atoms with Crippen LogP contribution in [0.3, 0.4) is 0 Å². The molecule has 16 heavy (non-hydrogen) atoms. The molecule has 1 aromatic carbocycles. The largest absolute Gasteiger partial charge is 0.496 e. The summed E-state index contributed by atoms with van der Waals surface area (Å²) in [5.41, 5.74) is 6.84. The molecule has 1 fully saturated rings. The van der Waals surface area contributed by atoms with Crippen LogP contribution in [0.15, 0.2) is 24.3 Å². The number of rotatable bonds is 2. The van der Waals surface area contributed by atoms with E-state index in [1.807, 2.05) is 24.3 Å². The van der Waals surface area contributed by atoms with Gasteiger partial charge in [-0.2, -0.15) is 0 Å². The lowest BCUT2D eigenvalue weighted by Crippen LogP contribution is -2.42. The van der Waals surface area contributed by atoms with Crippen molar-refractivity contribution < 1.29 is 9.53 Å². The van der Waals surface area contributed by atoms with Gasteiger partial charge in [0.2, 0.25) is 5.91 Å². The van der Waals surface area contributed by atoms with Crippen LogP contribution < -0.4 is 15.8 Å². The number of nitrogens with two attached hydrogens (primary N) is 1. The molecule has 1 saturated heterocycles. The zero-order valence-electron chi connectivity index (χ0n) is 9.27. The van der Waals surface area contributed by atoms with E-state index in [0.717, 1.165) is 17.7 Å². The molecule has 0 radical (unpaired) electrons. The summed E-state index contributed by atoms with van der Waals surface area (Å²) in [5.74, 6) is 0.802. The molecule has 2 unspecified atom stereocenters. The van der Waals surface area contributed by atoms with Gasteiger partial charge in [-0.05, 0) is 12.5 Å². The standard InChI is InChI=1S/C12H16N2O2/c1-16-11-5-3-2-4-9(11)10-6-8(13)7-12(15)14-10/h2-5,8,10H,6-7,13H2,1H3,(H,14,15). The van der Waals surface area contributed by atoms with Crippen LogP contribution in [0.1, 0.15) is 24.4 Å². The highest BCUT2D eigenvalue weighted by atomic mass is 16.5. The van der Waals surface area contributed by atoms with E-state index in [1.54, 1.807) is 7.11 Å². The topological polar surface area (TPSA) is 64.3 Å². The van der Waals surface area contributed by atoms with Gasteiger partial charge in [-0.3, -0.25) is 4.79 Å². The Kier molecular flexibility index (Phi) is 3.10. The zero-order chi connectivity index (χ0) is 11.5. The predicted molar refractivity (Wildman–Crippen MR) is 61.1 cm³/mol. The number of piperidine rings is 1. The normalized spacial score (nSPS) is 25.0. The van der Waals surface area contributed by atoms with Crippen molar-refractivity contribution in [3.05, 3.63) is 29.8 Å². The number of hydrogen-bond donors (Lipinski definition) is 2. The summed E-state index contributed by atoms with van der Waals surface area (Å²) in [6.45, 7) is 0. The molecule has 4 nitrogen and oxygen atoms in total. The van der Waals surface area contributed by atoms with Gasteiger partial charge in [-0.1, -0.05) is 18.2 Å². The monoisotopic (exact) mass is 220 g/mol. The van der Waals surface area contributed by atoms with Crippen molar-refractivity contribution in [1.82, 2.24) is 5.32 Å². The van der Waals surface area contributed by atoms with Gasteiger partial charge in [-0.25, -0.2) is 0 Å². The third-order valence-corrected chi connectivity index (χ3v) is 2.84. The number of nitrogens with one attached hydrogen (secondary N) is 1. The van der Waals surface area contributed by atoms with Gasteiger partial charge in [0.15, 0.2) is 0 Å². The summed E-state index contributed by atoms with van der Waals surface area (Å²) in [5, 5.41) is 2.94. The van der Waals surface area contributed by atoms with Crippen LogP contribution in [-0.2, 0) is 4.79 Å². The Bertz CT molecular complexity index is 392. The second-order valence-electron chi connectivity index (χ2n) is 4.06. The lowest BCUT2D eigenvalue weighted by Gasteiger charge is -2.28. The fourth-order valence-electron chi connectivity index (χ4n) is 2.10. The van der Waals surface area contributed by atoms with Crippen molar-refractivity contribution >= 4 is 5.91 Å². The maximum absolute atomic E-state index is 11.4. The first kappa shape index (κ1) is 11.0. The highest BCUT2D eigenvalue weighted by Gasteiger charge is 2.26. The summed E-state index contributed by atoms with van der Waals surface area (Å²) in [6, 6.07) is 7.59. The van der Waals surface area contributed by atoms with Crippen molar-refractivity contribution in [2.24, 2.45) is 5.73 Å². The summed E-state index contributed by atoms with van der Waals surface area (Å²) < 4.78 is 5.28. The van der Waals surface area contributed by atoms with Gasteiger partial charge >= 0.3 is 0 Å². The Morgan fingerprint density at radius 2 is 2.19 bits per heavy atom. The van der Waals surface area contributed by atoms with E-state index in [1.165, 1.54) is 0 Å². The number of para-hydroxylation sites is 1. The predicted octanol–water partition coefficient (Wildman–Crippen LogP) is 0.974. The summed E-state index contributed by atoms with van der Waals surface area (Å²) in [6.07, 6.45) is 1.16. The first-order chi connectivity index (χ1) is 7.70. The molecule has 4 heteroatoms. The van der Waals surface area contributed by atoms with Gasteiger partial charge in [0, 0.05) is 18.0 Å². The zero-order valence-corrected chi connectivity index (χ0v) is 9.27. The van der Waals surface area contributed by atoms with Gasteiger partial charge in [0.05, 0.1) is 13.2 Å². The van der Waals surface area contributed by atoms with Crippen molar-refractivity contribution in [1.29, 1.82) is 0 Å². The summed E-state index contributed by atoms with van der Waals surface area (Å²) >= 11 is 0. The molecule has 1 amide bonds. The van der Waals surface area contributed by atoms with Crippen LogP contribution in [0, 0.1) is 0 Å². The van der Waals surface area contributed by atoms with E-state index in [-0.39, 0.29) is 18.0 Å². The first-order valence-corrected chi connectivity index (χ1v) is 5.38. The van der Waals surface area contributed by atoms with Crippen LogP contribution in [0.4, 0.5) is 0 Å².